The maximum absolute atomic E-state index is 12.7. The molecule has 7 nitrogen and oxygen atoms in total. The van der Waals surface area contributed by atoms with E-state index in [4.69, 9.17) is 4.74 Å². The van der Waals surface area contributed by atoms with Crippen molar-refractivity contribution in [2.24, 2.45) is 0 Å². The van der Waals surface area contributed by atoms with Crippen LogP contribution >= 0.6 is 0 Å². The van der Waals surface area contributed by atoms with Crippen molar-refractivity contribution in [2.75, 3.05) is 33.9 Å². The lowest BCUT2D eigenvalue weighted by atomic mass is 10.2. The predicted octanol–water partition coefficient (Wildman–Crippen LogP) is -0.169. The van der Waals surface area contributed by atoms with E-state index in [9.17, 15) is 13.2 Å². The number of rotatable bonds is 4. The van der Waals surface area contributed by atoms with Gasteiger partial charge in [0.1, 0.15) is 11.8 Å². The van der Waals surface area contributed by atoms with Crippen molar-refractivity contribution in [1.29, 1.82) is 0 Å². The van der Waals surface area contributed by atoms with Crippen molar-refractivity contribution < 1.29 is 22.7 Å². The average Bonchev–Trinajstić information content (AvgIpc) is 2.54. The Kier molecular flexibility index (Phi) is 4.81. The molecule has 1 saturated heterocycles. The number of methoxy groups -OCH3 is 2. The van der Waals surface area contributed by atoms with Gasteiger partial charge < -0.3 is 14.8 Å². The second kappa shape index (κ2) is 6.42. The third kappa shape index (κ3) is 3.17. The van der Waals surface area contributed by atoms with Gasteiger partial charge >= 0.3 is 5.97 Å². The molecule has 1 aliphatic heterocycles. The van der Waals surface area contributed by atoms with E-state index in [0.717, 1.165) is 0 Å². The van der Waals surface area contributed by atoms with Gasteiger partial charge in [0.05, 0.1) is 19.1 Å². The first-order chi connectivity index (χ1) is 10.0. The number of nitrogens with one attached hydrogen (secondary N) is 1. The van der Waals surface area contributed by atoms with Gasteiger partial charge in [0.2, 0.25) is 10.0 Å². The first-order valence-electron chi connectivity index (χ1n) is 6.45. The van der Waals surface area contributed by atoms with Gasteiger partial charge in [-0.05, 0) is 24.3 Å². The SMILES string of the molecule is COC(=O)C1CNCCN1S(=O)(=O)c1ccc(OC)cc1. The Morgan fingerprint density at radius 2 is 1.95 bits per heavy atom. The van der Waals surface area contributed by atoms with Gasteiger partial charge in [0, 0.05) is 19.6 Å². The van der Waals surface area contributed by atoms with Crippen LogP contribution in [0.15, 0.2) is 29.2 Å². The number of hydrogen-bond donors (Lipinski definition) is 1. The summed E-state index contributed by atoms with van der Waals surface area (Å²) in [5.74, 6) is -0.00179. The quantitative estimate of drug-likeness (QED) is 0.777. The molecule has 1 aromatic carbocycles. The van der Waals surface area contributed by atoms with Crippen LogP contribution < -0.4 is 10.1 Å². The summed E-state index contributed by atoms with van der Waals surface area (Å²) in [5.41, 5.74) is 0. The molecule has 1 fully saturated rings. The summed E-state index contributed by atoms with van der Waals surface area (Å²) in [6.45, 7) is 0.944. The summed E-state index contributed by atoms with van der Waals surface area (Å²) in [7, 11) is -1.00. The molecule has 0 amide bonds. The lowest BCUT2D eigenvalue weighted by molar-refractivity contribution is -0.145. The highest BCUT2D eigenvalue weighted by atomic mass is 32.2. The van der Waals surface area contributed by atoms with E-state index in [2.05, 4.69) is 10.1 Å². The summed E-state index contributed by atoms with van der Waals surface area (Å²) in [6.07, 6.45) is 0. The molecular formula is C13H18N2O5S. The number of benzene rings is 1. The number of hydrogen-bond acceptors (Lipinski definition) is 6. The second-order valence-corrected chi connectivity index (χ2v) is 6.42. The fraction of sp³-hybridized carbons (Fsp3) is 0.462. The average molecular weight is 314 g/mol. The lowest BCUT2D eigenvalue weighted by Gasteiger charge is -2.33. The summed E-state index contributed by atoms with van der Waals surface area (Å²) < 4.78 is 36.2. The molecule has 0 radical (unpaired) electrons. The highest BCUT2D eigenvalue weighted by Crippen LogP contribution is 2.22. The van der Waals surface area contributed by atoms with Gasteiger partial charge in [-0.25, -0.2) is 8.42 Å². The highest BCUT2D eigenvalue weighted by molar-refractivity contribution is 7.89. The molecular weight excluding hydrogens is 296 g/mol. The minimum absolute atomic E-state index is 0.124. The maximum Gasteiger partial charge on any atom is 0.325 e. The Balaban J connectivity index is 2.33. The first kappa shape index (κ1) is 15.7. The molecule has 0 aromatic heterocycles. The molecule has 0 spiro atoms. The molecule has 1 atom stereocenters. The number of esters is 1. The van der Waals surface area contributed by atoms with E-state index in [1.807, 2.05) is 0 Å². The fourth-order valence-corrected chi connectivity index (χ4v) is 3.77. The van der Waals surface area contributed by atoms with Gasteiger partial charge in [-0.15, -0.1) is 0 Å². The van der Waals surface area contributed by atoms with Crippen LogP contribution in [-0.2, 0) is 19.6 Å². The summed E-state index contributed by atoms with van der Waals surface area (Å²) in [5, 5.41) is 2.99. The topological polar surface area (TPSA) is 84.9 Å². The number of ether oxygens (including phenoxy) is 2. The van der Waals surface area contributed by atoms with Crippen LogP contribution in [0, 0.1) is 0 Å². The van der Waals surface area contributed by atoms with E-state index in [1.165, 1.54) is 30.7 Å². The van der Waals surface area contributed by atoms with E-state index in [1.54, 1.807) is 12.1 Å². The smallest absolute Gasteiger partial charge is 0.325 e. The summed E-state index contributed by atoms with van der Waals surface area (Å²) in [6, 6.07) is 5.22. The molecule has 0 bridgehead atoms. The van der Waals surface area contributed by atoms with E-state index in [0.29, 0.717) is 12.3 Å². The normalized spacial score (nSPS) is 20.0. The van der Waals surface area contributed by atoms with Crippen LogP contribution in [0.5, 0.6) is 5.75 Å². The van der Waals surface area contributed by atoms with Crippen LogP contribution in [0.3, 0.4) is 0 Å². The Labute approximate surface area is 123 Å². The third-order valence-electron chi connectivity index (χ3n) is 3.33. The Hall–Kier alpha value is -1.64. The van der Waals surface area contributed by atoms with Gasteiger partial charge in [-0.1, -0.05) is 0 Å². The van der Waals surface area contributed by atoms with Gasteiger partial charge in [-0.3, -0.25) is 4.79 Å². The minimum Gasteiger partial charge on any atom is -0.497 e. The number of sulfonamides is 1. The van der Waals surface area contributed by atoms with Gasteiger partial charge in [0.25, 0.3) is 0 Å². The molecule has 1 unspecified atom stereocenters. The molecule has 21 heavy (non-hydrogen) atoms. The number of carbonyl (C=O) groups is 1. The Bertz CT molecular complexity index is 599. The molecule has 1 N–H and O–H groups in total. The van der Waals surface area contributed by atoms with Crippen LogP contribution in [-0.4, -0.2) is 58.6 Å². The highest BCUT2D eigenvalue weighted by Gasteiger charge is 2.38. The molecule has 2 rings (SSSR count). The lowest BCUT2D eigenvalue weighted by Crippen LogP contribution is -2.57. The zero-order chi connectivity index (χ0) is 15.5. The van der Waals surface area contributed by atoms with Crippen LogP contribution in [0.4, 0.5) is 0 Å². The largest absolute Gasteiger partial charge is 0.497 e. The monoisotopic (exact) mass is 314 g/mol. The minimum atomic E-state index is -3.75. The number of carbonyl (C=O) groups excluding carboxylic acids is 1. The van der Waals surface area contributed by atoms with Crippen molar-refractivity contribution in [3.05, 3.63) is 24.3 Å². The van der Waals surface area contributed by atoms with Crippen molar-refractivity contribution in [3.8, 4) is 5.75 Å². The first-order valence-corrected chi connectivity index (χ1v) is 7.89. The predicted molar refractivity (Wildman–Crippen MR) is 75.6 cm³/mol. The number of piperazine rings is 1. The van der Waals surface area contributed by atoms with Crippen LogP contribution in [0.1, 0.15) is 0 Å². The Morgan fingerprint density at radius 1 is 1.29 bits per heavy atom. The molecule has 8 heteroatoms. The van der Waals surface area contributed by atoms with Gasteiger partial charge in [-0.2, -0.15) is 4.31 Å². The van der Waals surface area contributed by atoms with E-state index >= 15 is 0 Å². The van der Waals surface area contributed by atoms with E-state index in [-0.39, 0.29) is 18.0 Å². The summed E-state index contributed by atoms with van der Waals surface area (Å²) >= 11 is 0. The molecule has 1 aromatic rings. The maximum atomic E-state index is 12.7. The summed E-state index contributed by atoms with van der Waals surface area (Å²) in [4.78, 5) is 11.9. The zero-order valence-electron chi connectivity index (χ0n) is 11.9. The van der Waals surface area contributed by atoms with Gasteiger partial charge in [0.15, 0.2) is 0 Å². The standard InChI is InChI=1S/C13H18N2O5S/c1-19-10-3-5-11(6-4-10)21(17,18)15-8-7-14-9-12(15)13(16)20-2/h3-6,12,14H,7-9H2,1-2H3. The Morgan fingerprint density at radius 3 is 2.52 bits per heavy atom. The second-order valence-electron chi connectivity index (χ2n) is 4.53. The molecule has 0 saturated carbocycles. The van der Waals surface area contributed by atoms with Crippen molar-refractivity contribution >= 4 is 16.0 Å². The van der Waals surface area contributed by atoms with Crippen molar-refractivity contribution in [1.82, 2.24) is 9.62 Å². The van der Waals surface area contributed by atoms with E-state index < -0.39 is 22.0 Å². The van der Waals surface area contributed by atoms with Crippen LogP contribution in [0.25, 0.3) is 0 Å². The molecule has 116 valence electrons. The zero-order valence-corrected chi connectivity index (χ0v) is 12.7. The molecule has 0 aliphatic carbocycles. The number of nitrogens with zero attached hydrogens (tertiary/aromatic N) is 1. The van der Waals surface area contributed by atoms with Crippen molar-refractivity contribution in [2.45, 2.75) is 10.9 Å². The van der Waals surface area contributed by atoms with Crippen molar-refractivity contribution in [3.63, 3.8) is 0 Å². The third-order valence-corrected chi connectivity index (χ3v) is 5.26. The fourth-order valence-electron chi connectivity index (χ4n) is 2.19. The molecule has 1 heterocycles. The van der Waals surface area contributed by atoms with Crippen LogP contribution in [0.2, 0.25) is 0 Å². The molecule has 1 aliphatic rings.